The summed E-state index contributed by atoms with van der Waals surface area (Å²) in [5, 5.41) is 12.4. The van der Waals surface area contributed by atoms with Crippen LogP contribution in [0.25, 0.3) is 0 Å². The van der Waals surface area contributed by atoms with Gasteiger partial charge in [0.2, 0.25) is 11.8 Å². The molecule has 1 heterocycles. The van der Waals surface area contributed by atoms with Crippen molar-refractivity contribution in [2.45, 2.75) is 84.1 Å². The minimum atomic E-state index is -1.09. The molecule has 202 valence electrons. The number of hydrogen-bond donors (Lipinski definition) is 2. The zero-order valence-electron chi connectivity index (χ0n) is 22.6. The van der Waals surface area contributed by atoms with Gasteiger partial charge in [-0.15, -0.1) is 0 Å². The second-order valence-electron chi connectivity index (χ2n) is 10.1. The Hall–Kier alpha value is -2.45. The number of carboxylic acids is 1. The average Bonchev–Trinajstić information content (AvgIpc) is 3.36. The molecule has 36 heavy (non-hydrogen) atoms. The first-order valence-electron chi connectivity index (χ1n) is 13.1. The Labute approximate surface area is 215 Å². The number of nitrogens with one attached hydrogen (secondary N) is 1. The highest BCUT2D eigenvalue weighted by Gasteiger charge is 2.41. The van der Waals surface area contributed by atoms with Gasteiger partial charge in [0.1, 0.15) is 6.04 Å². The molecular formula is C28H44N2O6. The number of carboxylic acid groups (broad SMARTS) is 1. The molecule has 0 spiro atoms. The van der Waals surface area contributed by atoms with Crippen molar-refractivity contribution < 1.29 is 29.0 Å². The summed E-state index contributed by atoms with van der Waals surface area (Å²) in [4.78, 5) is 40.1. The predicted octanol–water partition coefficient (Wildman–Crippen LogP) is 3.53. The minimum absolute atomic E-state index is 0.00153. The molecule has 0 aliphatic carbocycles. The molecule has 2 N–H and O–H groups in total. The fraction of sp³-hybridized carbons (Fsp3) is 0.679. The molecule has 0 bridgehead atoms. The Morgan fingerprint density at radius 2 is 1.78 bits per heavy atom. The van der Waals surface area contributed by atoms with E-state index in [1.807, 2.05) is 35.2 Å². The monoisotopic (exact) mass is 504 g/mol. The van der Waals surface area contributed by atoms with Crippen LogP contribution in [0.3, 0.4) is 0 Å². The van der Waals surface area contributed by atoms with E-state index < -0.39 is 29.9 Å². The smallest absolute Gasteiger partial charge is 0.326 e. The quantitative estimate of drug-likeness (QED) is 0.402. The Balaban J connectivity index is 2.09. The van der Waals surface area contributed by atoms with Gasteiger partial charge in [0.25, 0.3) is 0 Å². The van der Waals surface area contributed by atoms with E-state index in [2.05, 4.69) is 26.1 Å². The second-order valence-corrected chi connectivity index (χ2v) is 10.1. The van der Waals surface area contributed by atoms with Gasteiger partial charge in [-0.2, -0.15) is 0 Å². The molecule has 1 unspecified atom stereocenters. The first kappa shape index (κ1) is 29.8. The fourth-order valence-corrected chi connectivity index (χ4v) is 5.15. The van der Waals surface area contributed by atoms with Crippen molar-refractivity contribution >= 4 is 17.8 Å². The van der Waals surface area contributed by atoms with Crippen LogP contribution in [0, 0.1) is 17.8 Å². The molecule has 0 saturated carbocycles. The molecule has 1 fully saturated rings. The summed E-state index contributed by atoms with van der Waals surface area (Å²) in [5.41, 5.74) is 0.827. The summed E-state index contributed by atoms with van der Waals surface area (Å²) in [6, 6.07) is 7.90. The minimum Gasteiger partial charge on any atom is -0.480 e. The zero-order chi connectivity index (χ0) is 26.8. The number of amides is 2. The zero-order valence-corrected chi connectivity index (χ0v) is 22.6. The van der Waals surface area contributed by atoms with Crippen LogP contribution in [0.2, 0.25) is 0 Å². The summed E-state index contributed by atoms with van der Waals surface area (Å²) in [7, 11) is 3.19. The van der Waals surface area contributed by atoms with Crippen LogP contribution in [0.4, 0.5) is 0 Å². The number of ether oxygens (including phenoxy) is 2. The maximum atomic E-state index is 13.3. The van der Waals surface area contributed by atoms with Crippen molar-refractivity contribution in [1.29, 1.82) is 0 Å². The van der Waals surface area contributed by atoms with E-state index in [4.69, 9.17) is 9.47 Å². The van der Waals surface area contributed by atoms with Crippen molar-refractivity contribution in [3.8, 4) is 0 Å². The molecule has 1 aliphatic heterocycles. The number of benzene rings is 1. The summed E-state index contributed by atoms with van der Waals surface area (Å²) in [6.45, 7) is 8.77. The molecule has 1 saturated heterocycles. The van der Waals surface area contributed by atoms with Crippen molar-refractivity contribution in [1.82, 2.24) is 10.2 Å². The van der Waals surface area contributed by atoms with E-state index in [9.17, 15) is 19.5 Å². The van der Waals surface area contributed by atoms with Gasteiger partial charge in [-0.25, -0.2) is 4.79 Å². The predicted molar refractivity (Wildman–Crippen MR) is 138 cm³/mol. The van der Waals surface area contributed by atoms with Crippen LogP contribution in [0.1, 0.15) is 58.9 Å². The van der Waals surface area contributed by atoms with Crippen LogP contribution < -0.4 is 5.32 Å². The molecule has 8 nitrogen and oxygen atoms in total. The lowest BCUT2D eigenvalue weighted by atomic mass is 9.87. The lowest BCUT2D eigenvalue weighted by molar-refractivity contribution is -0.145. The largest absolute Gasteiger partial charge is 0.480 e. The third-order valence-electron chi connectivity index (χ3n) is 7.88. The van der Waals surface area contributed by atoms with Crippen LogP contribution in [-0.2, 0) is 30.3 Å². The highest BCUT2D eigenvalue weighted by atomic mass is 16.5. The Kier molecular flexibility index (Phi) is 11.9. The lowest BCUT2D eigenvalue weighted by Crippen LogP contribution is -2.52. The number of methoxy groups -OCH3 is 2. The first-order valence-corrected chi connectivity index (χ1v) is 13.1. The first-order chi connectivity index (χ1) is 17.1. The summed E-state index contributed by atoms with van der Waals surface area (Å²) >= 11 is 0. The van der Waals surface area contributed by atoms with Crippen LogP contribution in [-0.4, -0.2) is 72.8 Å². The summed E-state index contributed by atoms with van der Waals surface area (Å²) in [5.74, 6) is -1.45. The summed E-state index contributed by atoms with van der Waals surface area (Å²) < 4.78 is 11.4. The molecule has 0 radical (unpaired) electrons. The van der Waals surface area contributed by atoms with Crippen molar-refractivity contribution in [2.24, 2.45) is 17.8 Å². The SMILES string of the molecule is CC[C@H](C)C(C)[C@@H](CC(=O)N1CCC[C@H]1[C@H](OC)[C@@H](C)C(=O)N[C@@H](Cc1ccccc1)C(=O)O)OC. The van der Waals surface area contributed by atoms with Crippen molar-refractivity contribution in [3.63, 3.8) is 0 Å². The number of rotatable bonds is 14. The normalized spacial score (nSPS) is 20.7. The van der Waals surface area contributed by atoms with E-state index in [1.54, 1.807) is 14.0 Å². The molecular weight excluding hydrogens is 460 g/mol. The molecule has 8 heteroatoms. The highest BCUT2D eigenvalue weighted by Crippen LogP contribution is 2.29. The van der Waals surface area contributed by atoms with Gasteiger partial charge < -0.3 is 24.8 Å². The van der Waals surface area contributed by atoms with Gasteiger partial charge in [-0.3, -0.25) is 9.59 Å². The van der Waals surface area contributed by atoms with E-state index in [-0.39, 0.29) is 36.8 Å². The second kappa shape index (κ2) is 14.3. The van der Waals surface area contributed by atoms with Crippen LogP contribution >= 0.6 is 0 Å². The molecule has 1 aromatic carbocycles. The third kappa shape index (κ3) is 7.77. The molecule has 1 aromatic rings. The standard InChI is InChI=1S/C28H44N2O6/c1-7-18(2)19(3)24(35-5)17-25(31)30-15-11-14-23(30)26(36-6)20(4)27(32)29-22(28(33)34)16-21-12-9-8-10-13-21/h8-10,12-13,18-20,22-24,26H,7,11,14-17H2,1-6H3,(H,29,32)(H,33,34)/t18-,19?,20+,22-,23-,24+,26+/m0/s1. The topological polar surface area (TPSA) is 105 Å². The Morgan fingerprint density at radius 1 is 1.11 bits per heavy atom. The van der Waals surface area contributed by atoms with Gasteiger partial charge in [0.15, 0.2) is 0 Å². The van der Waals surface area contributed by atoms with E-state index in [0.29, 0.717) is 12.5 Å². The fourth-order valence-electron chi connectivity index (χ4n) is 5.15. The van der Waals surface area contributed by atoms with E-state index in [0.717, 1.165) is 24.8 Å². The number of carbonyl (C=O) groups is 3. The van der Waals surface area contributed by atoms with Gasteiger partial charge >= 0.3 is 5.97 Å². The number of carbonyl (C=O) groups excluding carboxylic acids is 2. The molecule has 1 aliphatic rings. The maximum absolute atomic E-state index is 13.3. The third-order valence-corrected chi connectivity index (χ3v) is 7.88. The molecule has 7 atom stereocenters. The van der Waals surface area contributed by atoms with Crippen molar-refractivity contribution in [2.75, 3.05) is 20.8 Å². The van der Waals surface area contributed by atoms with Crippen LogP contribution in [0.15, 0.2) is 30.3 Å². The molecule has 0 aromatic heterocycles. The highest BCUT2D eigenvalue weighted by molar-refractivity contribution is 5.85. The van der Waals surface area contributed by atoms with E-state index in [1.165, 1.54) is 7.11 Å². The Morgan fingerprint density at radius 3 is 2.33 bits per heavy atom. The number of likely N-dealkylation sites (tertiary alicyclic amines) is 1. The van der Waals surface area contributed by atoms with Gasteiger partial charge in [-0.1, -0.05) is 64.4 Å². The molecule has 2 amide bonds. The van der Waals surface area contributed by atoms with Gasteiger partial charge in [0, 0.05) is 27.2 Å². The van der Waals surface area contributed by atoms with Crippen LogP contribution in [0.5, 0.6) is 0 Å². The molecule has 2 rings (SSSR count). The Bertz CT molecular complexity index is 848. The summed E-state index contributed by atoms with van der Waals surface area (Å²) in [6.07, 6.45) is 2.32. The lowest BCUT2D eigenvalue weighted by Gasteiger charge is -2.35. The average molecular weight is 505 g/mol. The number of hydrogen-bond acceptors (Lipinski definition) is 5. The van der Waals surface area contributed by atoms with Gasteiger partial charge in [0.05, 0.1) is 30.6 Å². The number of aliphatic carboxylic acids is 1. The number of nitrogens with zero attached hydrogens (tertiary/aromatic N) is 1. The van der Waals surface area contributed by atoms with Gasteiger partial charge in [-0.05, 0) is 30.2 Å². The van der Waals surface area contributed by atoms with Crippen molar-refractivity contribution in [3.05, 3.63) is 35.9 Å². The van der Waals surface area contributed by atoms with E-state index >= 15 is 0 Å². The maximum Gasteiger partial charge on any atom is 0.326 e.